The van der Waals surface area contributed by atoms with E-state index in [1.54, 1.807) is 18.3 Å². The molecule has 1 fully saturated rings. The fourth-order valence-corrected chi connectivity index (χ4v) is 4.64. The second-order valence-electron chi connectivity index (χ2n) is 7.92. The second-order valence-corrected chi connectivity index (χ2v) is 7.92. The van der Waals surface area contributed by atoms with E-state index in [0.717, 1.165) is 25.3 Å². The van der Waals surface area contributed by atoms with Crippen LogP contribution in [-0.2, 0) is 6.18 Å². The highest BCUT2D eigenvalue weighted by Gasteiger charge is 2.44. The van der Waals surface area contributed by atoms with Crippen molar-refractivity contribution in [2.24, 2.45) is 5.41 Å². The van der Waals surface area contributed by atoms with Crippen molar-refractivity contribution in [1.82, 2.24) is 9.55 Å². The lowest BCUT2D eigenvalue weighted by atomic mass is 9.68. The molecule has 28 heavy (non-hydrogen) atoms. The van der Waals surface area contributed by atoms with Crippen molar-refractivity contribution in [2.45, 2.75) is 58.3 Å². The number of nitrogens with zero attached hydrogens (tertiary/aromatic N) is 4. The summed E-state index contributed by atoms with van der Waals surface area (Å²) in [7, 11) is 0. The van der Waals surface area contributed by atoms with E-state index in [4.69, 9.17) is 5.26 Å². The van der Waals surface area contributed by atoms with Gasteiger partial charge in [0, 0.05) is 42.1 Å². The van der Waals surface area contributed by atoms with Gasteiger partial charge in [-0.05, 0) is 44.4 Å². The maximum absolute atomic E-state index is 13.4. The summed E-state index contributed by atoms with van der Waals surface area (Å²) in [6.07, 6.45) is 3.89. The van der Waals surface area contributed by atoms with Crippen LogP contribution in [0.2, 0.25) is 0 Å². The molecular weight excluding hydrogens is 365 g/mol. The first kappa shape index (κ1) is 20.2. The summed E-state index contributed by atoms with van der Waals surface area (Å²) in [5, 5.41) is 9.07. The number of anilines is 1. The molecule has 0 saturated heterocycles. The minimum absolute atomic E-state index is 0.0765. The molecule has 3 rings (SSSR count). The van der Waals surface area contributed by atoms with Gasteiger partial charge in [0.2, 0.25) is 0 Å². The number of aromatic nitrogens is 2. The normalized spacial score (nSPS) is 21.9. The fourth-order valence-electron chi connectivity index (χ4n) is 4.64. The average molecular weight is 390 g/mol. The average Bonchev–Trinajstić information content (AvgIpc) is 3.16. The molecule has 2 aromatic rings. The third-order valence-electron chi connectivity index (χ3n) is 6.04. The molecule has 0 aliphatic heterocycles. The van der Waals surface area contributed by atoms with E-state index in [2.05, 4.69) is 28.3 Å². The van der Waals surface area contributed by atoms with E-state index in [9.17, 15) is 13.2 Å². The molecule has 1 aliphatic rings. The lowest BCUT2D eigenvalue weighted by Crippen LogP contribution is -2.51. The van der Waals surface area contributed by atoms with Crippen LogP contribution in [0, 0.1) is 16.7 Å². The molecule has 1 heterocycles. The van der Waals surface area contributed by atoms with Gasteiger partial charge in [0.1, 0.15) is 0 Å². The molecule has 1 saturated carbocycles. The van der Waals surface area contributed by atoms with Crippen LogP contribution >= 0.6 is 0 Å². The molecule has 0 N–H and O–H groups in total. The Morgan fingerprint density at radius 3 is 2.64 bits per heavy atom. The Labute approximate surface area is 163 Å². The van der Waals surface area contributed by atoms with Gasteiger partial charge in [0.15, 0.2) is 0 Å². The summed E-state index contributed by atoms with van der Waals surface area (Å²) in [4.78, 5) is 6.22. The topological polar surface area (TPSA) is 44.9 Å². The number of nitriles is 1. The molecule has 0 amide bonds. The zero-order valence-corrected chi connectivity index (χ0v) is 16.4. The van der Waals surface area contributed by atoms with Gasteiger partial charge in [-0.1, -0.05) is 13.8 Å². The van der Waals surface area contributed by atoms with Crippen LogP contribution in [0.1, 0.15) is 57.2 Å². The van der Waals surface area contributed by atoms with Crippen molar-refractivity contribution in [2.75, 3.05) is 11.4 Å². The number of alkyl halides is 3. The van der Waals surface area contributed by atoms with Crippen LogP contribution in [0.15, 0.2) is 36.9 Å². The van der Waals surface area contributed by atoms with Gasteiger partial charge in [-0.15, -0.1) is 0 Å². The van der Waals surface area contributed by atoms with E-state index in [-0.39, 0.29) is 23.1 Å². The molecule has 0 bridgehead atoms. The summed E-state index contributed by atoms with van der Waals surface area (Å²) in [6.45, 7) is 6.91. The Kier molecular flexibility index (Phi) is 5.42. The van der Waals surface area contributed by atoms with Crippen LogP contribution in [0.4, 0.5) is 18.9 Å². The van der Waals surface area contributed by atoms with Crippen LogP contribution < -0.4 is 4.90 Å². The first-order chi connectivity index (χ1) is 13.2. The molecule has 4 nitrogen and oxygen atoms in total. The van der Waals surface area contributed by atoms with E-state index < -0.39 is 11.7 Å². The summed E-state index contributed by atoms with van der Waals surface area (Å²) >= 11 is 0. The Balaban J connectivity index is 2.00. The minimum Gasteiger partial charge on any atom is -0.368 e. The van der Waals surface area contributed by atoms with Crippen molar-refractivity contribution in [1.29, 1.82) is 5.26 Å². The van der Waals surface area contributed by atoms with Gasteiger partial charge >= 0.3 is 6.18 Å². The summed E-state index contributed by atoms with van der Waals surface area (Å²) in [5.74, 6) is 0. The molecule has 1 aromatic heterocycles. The Morgan fingerprint density at radius 2 is 2.07 bits per heavy atom. The predicted molar refractivity (Wildman–Crippen MR) is 102 cm³/mol. The molecule has 1 aromatic carbocycles. The molecule has 150 valence electrons. The minimum atomic E-state index is -4.55. The highest BCUT2D eigenvalue weighted by atomic mass is 19.4. The number of hydrogen-bond donors (Lipinski definition) is 0. The van der Waals surface area contributed by atoms with E-state index >= 15 is 0 Å². The van der Waals surface area contributed by atoms with Gasteiger partial charge in [-0.3, -0.25) is 0 Å². The van der Waals surface area contributed by atoms with Crippen molar-refractivity contribution < 1.29 is 13.2 Å². The fraction of sp³-hybridized carbons (Fsp3) is 0.524. The largest absolute Gasteiger partial charge is 0.417 e. The molecule has 1 aliphatic carbocycles. The predicted octanol–water partition coefficient (Wildman–Crippen LogP) is 5.42. The molecule has 2 atom stereocenters. The maximum atomic E-state index is 13.4. The first-order valence-electron chi connectivity index (χ1n) is 9.55. The van der Waals surface area contributed by atoms with Crippen molar-refractivity contribution in [3.8, 4) is 6.07 Å². The van der Waals surface area contributed by atoms with Gasteiger partial charge in [-0.2, -0.15) is 18.4 Å². The standard InChI is InChI=1S/C21H25F3N4/c1-4-28(16-9-8-15(13-25)17(12-16)21(22,23)24)19-7-5-6-18(20(19,2)3)27-11-10-26-14-27/h8-12,14,18-19H,4-7H2,1-3H3. The number of hydrogen-bond acceptors (Lipinski definition) is 3. The number of benzene rings is 1. The Morgan fingerprint density at radius 1 is 1.32 bits per heavy atom. The highest BCUT2D eigenvalue weighted by Crippen LogP contribution is 2.47. The third-order valence-corrected chi connectivity index (χ3v) is 6.04. The monoisotopic (exact) mass is 390 g/mol. The van der Waals surface area contributed by atoms with Crippen LogP contribution in [0.5, 0.6) is 0 Å². The van der Waals surface area contributed by atoms with Gasteiger partial charge < -0.3 is 9.47 Å². The molecule has 7 heteroatoms. The lowest BCUT2D eigenvalue weighted by molar-refractivity contribution is -0.137. The lowest BCUT2D eigenvalue weighted by Gasteiger charge is -2.50. The number of halogens is 3. The third kappa shape index (κ3) is 3.60. The molecule has 0 spiro atoms. The quantitative estimate of drug-likeness (QED) is 0.700. The summed E-state index contributed by atoms with van der Waals surface area (Å²) < 4.78 is 42.4. The smallest absolute Gasteiger partial charge is 0.368 e. The van der Waals surface area contributed by atoms with Crippen molar-refractivity contribution in [3.63, 3.8) is 0 Å². The van der Waals surface area contributed by atoms with Crippen molar-refractivity contribution in [3.05, 3.63) is 48.0 Å². The van der Waals surface area contributed by atoms with Crippen molar-refractivity contribution >= 4 is 5.69 Å². The van der Waals surface area contributed by atoms with Crippen LogP contribution in [-0.4, -0.2) is 22.1 Å². The number of rotatable bonds is 4. The van der Waals surface area contributed by atoms with Gasteiger partial charge in [-0.25, -0.2) is 4.98 Å². The van der Waals surface area contributed by atoms with Crippen LogP contribution in [0.25, 0.3) is 0 Å². The number of imidazole rings is 1. The highest BCUT2D eigenvalue weighted by molar-refractivity contribution is 5.55. The molecular formula is C21H25F3N4. The van der Waals surface area contributed by atoms with E-state index in [1.807, 2.05) is 19.4 Å². The Hall–Kier alpha value is -2.49. The summed E-state index contributed by atoms with van der Waals surface area (Å²) in [5.41, 5.74) is -0.864. The van der Waals surface area contributed by atoms with E-state index in [0.29, 0.717) is 12.2 Å². The van der Waals surface area contributed by atoms with Gasteiger partial charge in [0.25, 0.3) is 0 Å². The molecule has 2 unspecified atom stereocenters. The molecule has 0 radical (unpaired) electrons. The first-order valence-corrected chi connectivity index (χ1v) is 9.55. The second kappa shape index (κ2) is 7.50. The summed E-state index contributed by atoms with van der Waals surface area (Å²) in [6, 6.07) is 6.00. The van der Waals surface area contributed by atoms with Crippen LogP contribution in [0.3, 0.4) is 0 Å². The van der Waals surface area contributed by atoms with Gasteiger partial charge in [0.05, 0.1) is 23.5 Å². The van der Waals surface area contributed by atoms with E-state index in [1.165, 1.54) is 6.07 Å². The SMILES string of the molecule is CCN(c1ccc(C#N)c(C(F)(F)F)c1)C1CCCC(n2ccnc2)C1(C)C. The zero-order valence-electron chi connectivity index (χ0n) is 16.4. The Bertz CT molecular complexity index is 850. The maximum Gasteiger partial charge on any atom is 0.417 e. The zero-order chi connectivity index (χ0) is 20.5.